The van der Waals surface area contributed by atoms with Gasteiger partial charge >= 0.3 is 11.9 Å². The van der Waals surface area contributed by atoms with Crippen molar-refractivity contribution in [3.8, 4) is 23.0 Å². The van der Waals surface area contributed by atoms with Gasteiger partial charge in [0.05, 0.1) is 7.11 Å². The van der Waals surface area contributed by atoms with Crippen molar-refractivity contribution in [3.63, 3.8) is 0 Å². The molecule has 4 rings (SSSR count). The summed E-state index contributed by atoms with van der Waals surface area (Å²) in [6, 6.07) is 19.2. The number of carboxylic acids is 2. The molecule has 1 aliphatic heterocycles. The summed E-state index contributed by atoms with van der Waals surface area (Å²) in [6.07, 6.45) is 0.0839. The van der Waals surface area contributed by atoms with Crippen molar-refractivity contribution < 1.29 is 38.7 Å². The average Bonchev–Trinajstić information content (AvgIpc) is 3.31. The number of carbonyl (C=O) groups is 2. The Morgan fingerprint density at radius 1 is 0.941 bits per heavy atom. The minimum absolute atomic E-state index is 0.0839. The van der Waals surface area contributed by atoms with E-state index in [0.717, 1.165) is 5.56 Å². The summed E-state index contributed by atoms with van der Waals surface area (Å²) in [5.74, 6) is -0.464. The zero-order valence-corrected chi connectivity index (χ0v) is 18.3. The van der Waals surface area contributed by atoms with E-state index in [-0.39, 0.29) is 24.5 Å². The zero-order chi connectivity index (χ0) is 24.1. The molecule has 0 amide bonds. The van der Waals surface area contributed by atoms with Crippen LogP contribution in [-0.4, -0.2) is 42.7 Å². The van der Waals surface area contributed by atoms with E-state index in [1.807, 2.05) is 6.07 Å². The van der Waals surface area contributed by atoms with Gasteiger partial charge in [-0.25, -0.2) is 9.59 Å². The van der Waals surface area contributed by atoms with E-state index in [9.17, 15) is 14.7 Å². The quantitative estimate of drug-likeness (QED) is 0.459. The van der Waals surface area contributed by atoms with Crippen LogP contribution in [0.5, 0.6) is 23.0 Å². The van der Waals surface area contributed by atoms with E-state index >= 15 is 0 Å². The Morgan fingerprint density at radius 3 is 2.41 bits per heavy atom. The van der Waals surface area contributed by atoms with Crippen molar-refractivity contribution in [1.82, 2.24) is 0 Å². The summed E-state index contributed by atoms with van der Waals surface area (Å²) in [7, 11) is 1.48. The third-order valence-electron chi connectivity index (χ3n) is 5.25. The van der Waals surface area contributed by atoms with Gasteiger partial charge in [-0.3, -0.25) is 0 Å². The lowest BCUT2D eigenvalue weighted by Gasteiger charge is -2.18. The molecule has 3 aromatic rings. The van der Waals surface area contributed by atoms with Crippen LogP contribution in [-0.2, 0) is 16.0 Å². The summed E-state index contributed by atoms with van der Waals surface area (Å²) in [5.41, 5.74) is 2.32. The fourth-order valence-electron chi connectivity index (χ4n) is 3.72. The van der Waals surface area contributed by atoms with Crippen LogP contribution in [0.3, 0.4) is 0 Å². The molecule has 3 aromatic carbocycles. The molecule has 0 saturated carbocycles. The van der Waals surface area contributed by atoms with Crippen molar-refractivity contribution in [2.45, 2.75) is 6.42 Å². The molecule has 1 aliphatic rings. The normalized spacial score (nSPS) is 12.6. The Labute approximate surface area is 195 Å². The average molecular weight is 462 g/mol. The maximum absolute atomic E-state index is 12.6. The van der Waals surface area contributed by atoms with Gasteiger partial charge in [0.2, 0.25) is 6.79 Å². The van der Waals surface area contributed by atoms with Gasteiger partial charge in [-0.05, 0) is 35.4 Å². The number of hydrogen-bond donors (Lipinski definition) is 2. The molecule has 2 N–H and O–H groups in total. The minimum Gasteiger partial charge on any atom is -0.497 e. The number of rotatable bonds is 9. The van der Waals surface area contributed by atoms with Gasteiger partial charge in [0, 0.05) is 29.2 Å². The van der Waals surface area contributed by atoms with Crippen LogP contribution >= 0.6 is 0 Å². The molecule has 0 radical (unpaired) electrons. The Kier molecular flexibility index (Phi) is 6.68. The first-order valence-electron chi connectivity index (χ1n) is 10.4. The summed E-state index contributed by atoms with van der Waals surface area (Å²) in [6.45, 7) is -0.474. The summed E-state index contributed by atoms with van der Waals surface area (Å²) in [4.78, 5) is 23.7. The second-order valence-corrected chi connectivity index (χ2v) is 7.43. The second-order valence-electron chi connectivity index (χ2n) is 7.43. The van der Waals surface area contributed by atoms with Crippen LogP contribution in [0, 0.1) is 0 Å². The number of fused-ring (bicyclic) bond motifs is 1. The summed E-state index contributed by atoms with van der Waals surface area (Å²) >= 11 is 0. The molecule has 8 nitrogen and oxygen atoms in total. The molecule has 34 heavy (non-hydrogen) atoms. The fraction of sp³-hybridized carbons (Fsp3) is 0.154. The topological polar surface area (TPSA) is 112 Å². The van der Waals surface area contributed by atoms with Crippen LogP contribution < -0.4 is 18.9 Å². The third kappa shape index (κ3) is 4.96. The molecule has 0 spiro atoms. The SMILES string of the molecule is COc1ccc(/C(=C(/Cc2ccc3c(c2)OCO3)C(=O)O)c2ccccc2)c(OCC(=O)O)c1. The number of hydrogen-bond acceptors (Lipinski definition) is 6. The molecule has 0 fully saturated rings. The monoisotopic (exact) mass is 462 g/mol. The Bertz CT molecular complexity index is 1250. The molecule has 0 saturated heterocycles. The van der Waals surface area contributed by atoms with Crippen LogP contribution in [0.15, 0.2) is 72.3 Å². The van der Waals surface area contributed by atoms with Crippen molar-refractivity contribution in [2.75, 3.05) is 20.5 Å². The predicted octanol–water partition coefficient (Wildman–Crippen LogP) is 4.02. The fourth-order valence-corrected chi connectivity index (χ4v) is 3.72. The molecular formula is C26H22O8. The minimum atomic E-state index is -1.15. The highest BCUT2D eigenvalue weighted by atomic mass is 16.7. The maximum Gasteiger partial charge on any atom is 0.341 e. The first-order valence-corrected chi connectivity index (χ1v) is 10.4. The van der Waals surface area contributed by atoms with E-state index in [2.05, 4.69) is 0 Å². The van der Waals surface area contributed by atoms with Gasteiger partial charge in [-0.1, -0.05) is 36.4 Å². The standard InChI is InChI=1S/C26H22O8/c1-31-18-8-9-19(22(13-18)32-14-24(27)28)25(17-5-3-2-4-6-17)20(26(29)30)11-16-7-10-21-23(12-16)34-15-33-21/h2-10,12-13H,11,14-15H2,1H3,(H,27,28)(H,29,30)/b25-20-. The van der Waals surface area contributed by atoms with Gasteiger partial charge in [-0.2, -0.15) is 0 Å². The number of methoxy groups -OCH3 is 1. The lowest BCUT2D eigenvalue weighted by atomic mass is 9.89. The molecule has 1 heterocycles. The van der Waals surface area contributed by atoms with Crippen molar-refractivity contribution in [2.24, 2.45) is 0 Å². The third-order valence-corrected chi connectivity index (χ3v) is 5.25. The number of ether oxygens (including phenoxy) is 4. The molecule has 174 valence electrons. The van der Waals surface area contributed by atoms with E-state index in [4.69, 9.17) is 24.1 Å². The molecule has 0 bridgehead atoms. The number of benzene rings is 3. The molecule has 0 aliphatic carbocycles. The first kappa shape index (κ1) is 22.7. The highest BCUT2D eigenvalue weighted by Crippen LogP contribution is 2.38. The van der Waals surface area contributed by atoms with Gasteiger partial charge < -0.3 is 29.2 Å². The highest BCUT2D eigenvalue weighted by Gasteiger charge is 2.23. The Balaban J connectivity index is 1.89. The predicted molar refractivity (Wildman–Crippen MR) is 122 cm³/mol. The molecule has 0 unspecified atom stereocenters. The zero-order valence-electron chi connectivity index (χ0n) is 18.3. The van der Waals surface area contributed by atoms with E-state index in [0.29, 0.717) is 33.9 Å². The van der Waals surface area contributed by atoms with Crippen molar-refractivity contribution >= 4 is 17.5 Å². The van der Waals surface area contributed by atoms with Crippen LogP contribution in [0.2, 0.25) is 0 Å². The Morgan fingerprint density at radius 2 is 1.71 bits per heavy atom. The smallest absolute Gasteiger partial charge is 0.341 e. The second kappa shape index (κ2) is 9.99. The number of carboxylic acid groups (broad SMARTS) is 2. The highest BCUT2D eigenvalue weighted by molar-refractivity contribution is 6.02. The van der Waals surface area contributed by atoms with Crippen LogP contribution in [0.4, 0.5) is 0 Å². The summed E-state index contributed by atoms with van der Waals surface area (Å²) < 4.78 is 21.6. The Hall–Kier alpha value is -4.46. The molecular weight excluding hydrogens is 440 g/mol. The van der Waals surface area contributed by atoms with E-state index in [1.165, 1.54) is 7.11 Å². The number of aliphatic carboxylic acids is 2. The van der Waals surface area contributed by atoms with Crippen molar-refractivity contribution in [1.29, 1.82) is 0 Å². The van der Waals surface area contributed by atoms with Gasteiger partial charge in [0.1, 0.15) is 11.5 Å². The van der Waals surface area contributed by atoms with E-state index in [1.54, 1.807) is 60.7 Å². The largest absolute Gasteiger partial charge is 0.497 e. The summed E-state index contributed by atoms with van der Waals surface area (Å²) in [5, 5.41) is 19.4. The van der Waals surface area contributed by atoms with Gasteiger partial charge in [0.15, 0.2) is 18.1 Å². The van der Waals surface area contributed by atoms with Gasteiger partial charge in [0.25, 0.3) is 0 Å². The molecule has 0 aromatic heterocycles. The molecule has 8 heteroatoms. The first-order chi connectivity index (χ1) is 16.5. The van der Waals surface area contributed by atoms with Crippen LogP contribution in [0.25, 0.3) is 5.57 Å². The van der Waals surface area contributed by atoms with Gasteiger partial charge in [-0.15, -0.1) is 0 Å². The van der Waals surface area contributed by atoms with E-state index < -0.39 is 18.5 Å². The van der Waals surface area contributed by atoms with Crippen molar-refractivity contribution in [3.05, 3.63) is 89.0 Å². The maximum atomic E-state index is 12.6. The molecule has 0 atom stereocenters. The van der Waals surface area contributed by atoms with Crippen LogP contribution in [0.1, 0.15) is 16.7 Å². The lowest BCUT2D eigenvalue weighted by molar-refractivity contribution is -0.139. The lowest BCUT2D eigenvalue weighted by Crippen LogP contribution is -2.12.